The van der Waals surface area contributed by atoms with E-state index in [9.17, 15) is 113 Å². The number of ether oxygens (including phenoxy) is 1. The lowest BCUT2D eigenvalue weighted by Gasteiger charge is -2.59. The van der Waals surface area contributed by atoms with E-state index >= 15 is 0 Å². The van der Waals surface area contributed by atoms with Crippen molar-refractivity contribution in [1.82, 2.24) is 0 Å². The molecule has 16 aliphatic carbocycles. The number of halogens is 15. The molecule has 1 saturated heterocycles. The Labute approximate surface area is 591 Å². The molecule has 1 aliphatic heterocycles. The molecule has 1 atom stereocenters. The largest absolute Gasteiger partial charge is 0.541 e. The highest BCUT2D eigenvalue weighted by molar-refractivity contribution is 7.95. The van der Waals surface area contributed by atoms with Crippen LogP contribution in [0.4, 0.5) is 65.9 Å². The minimum absolute atomic E-state index is 0. The van der Waals surface area contributed by atoms with Crippen LogP contribution in [0, 0.1) is 149 Å². The number of hydrogen-bond donors (Lipinski definition) is 0. The predicted molar refractivity (Wildman–Crippen MR) is 357 cm³/mol. The third-order valence-electron chi connectivity index (χ3n) is 22.4. The molecule has 0 spiro atoms. The Morgan fingerprint density at radius 2 is 0.545 bits per heavy atom. The van der Waals surface area contributed by atoms with E-state index in [0.717, 1.165) is 114 Å². The van der Waals surface area contributed by atoms with Gasteiger partial charge in [-0.2, -0.15) is 65.9 Å². The molecule has 17 rings (SSSR count). The standard InChI is InChI=1S/4C12H17F3NO2S.C7H9F3NO4S.2C2H6.5CH3/c2*13-12(14,15)19(17,18)16-7-11-4-8-1-9(5-11)3-10(2-8)6-11;2*13-12(14,15)19(17,18)16-6-11-9-2-7-1-8(4-9)5-10(11)3-7;8-7(9,10)16(13,14)11-4-5-1-2-15-6(12)3-5;2*1-2;;;;;/h2*8-10H,1-7H2;2*7-11H,1-6H2;5H,1-4H2;2*1-2H3;5*1H3/q5*-1;;;5*+1. The molecule has 16 saturated carbocycles. The number of esters is 1. The molecule has 17 fully saturated rings. The second-order valence-electron chi connectivity index (χ2n) is 29.2. The predicted octanol–water partition coefficient (Wildman–Crippen LogP) is 18.9. The Hall–Kier alpha value is -2.68. The third kappa shape index (κ3) is 23.4. The summed E-state index contributed by atoms with van der Waals surface area (Å²) in [4.78, 5) is 10.8. The van der Waals surface area contributed by atoms with Crippen LogP contribution in [0.15, 0.2) is 0 Å². The molecule has 592 valence electrons. The van der Waals surface area contributed by atoms with E-state index in [1.54, 1.807) is 0 Å². The molecular formula is C64H104F15N5O12S5. The molecule has 0 N–H and O–H groups in total. The van der Waals surface area contributed by atoms with E-state index in [1.807, 2.05) is 27.7 Å². The van der Waals surface area contributed by atoms with Gasteiger partial charge in [0.2, 0.25) is 0 Å². The van der Waals surface area contributed by atoms with Crippen molar-refractivity contribution in [2.45, 2.75) is 209 Å². The van der Waals surface area contributed by atoms with Gasteiger partial charge in [0.1, 0.15) is 0 Å². The van der Waals surface area contributed by atoms with Crippen LogP contribution in [-0.4, -0.2) is 115 Å². The van der Waals surface area contributed by atoms with E-state index in [4.69, 9.17) is 0 Å². The number of carbonyl (C=O) groups excluding carboxylic acids is 1. The number of carbonyl (C=O) groups is 1. The van der Waals surface area contributed by atoms with Gasteiger partial charge in [0, 0.05) is 43.6 Å². The summed E-state index contributed by atoms with van der Waals surface area (Å²) in [6.45, 7) is 6.88. The Morgan fingerprint density at radius 1 is 0.337 bits per heavy atom. The van der Waals surface area contributed by atoms with E-state index in [1.165, 1.54) is 51.4 Å². The van der Waals surface area contributed by atoms with Crippen molar-refractivity contribution in [3.05, 3.63) is 60.7 Å². The fraction of sp³-hybridized carbons (Fsp3) is 0.906. The van der Waals surface area contributed by atoms with Crippen LogP contribution < -0.4 is 0 Å². The smallest absolute Gasteiger partial charge is 0.480 e. The van der Waals surface area contributed by atoms with Crippen molar-refractivity contribution in [2.24, 2.45) is 111 Å². The Morgan fingerprint density at radius 3 is 0.762 bits per heavy atom. The van der Waals surface area contributed by atoms with Crippen molar-refractivity contribution in [1.29, 1.82) is 0 Å². The molecule has 1 unspecified atom stereocenters. The fourth-order valence-electron chi connectivity index (χ4n) is 19.9. The van der Waals surface area contributed by atoms with Gasteiger partial charge in [0.25, 0.3) is 0 Å². The number of hydrogen-bond acceptors (Lipinski definition) is 12. The van der Waals surface area contributed by atoms with Gasteiger partial charge in [0.15, 0.2) is 50.1 Å². The molecule has 17 nitrogen and oxygen atoms in total. The van der Waals surface area contributed by atoms with Crippen LogP contribution in [0.25, 0.3) is 23.6 Å². The second kappa shape index (κ2) is 35.6. The Kier molecular flexibility index (Phi) is 33.2. The van der Waals surface area contributed by atoms with E-state index in [2.05, 4.69) is 28.3 Å². The monoisotopic (exact) mass is 1580 g/mol. The number of cyclic esters (lactones) is 1. The van der Waals surface area contributed by atoms with Gasteiger partial charge in [0.05, 0.1) is 6.61 Å². The minimum Gasteiger partial charge on any atom is -0.541 e. The highest BCUT2D eigenvalue weighted by Crippen LogP contribution is 2.63. The van der Waals surface area contributed by atoms with Crippen molar-refractivity contribution in [2.75, 3.05) is 39.3 Å². The average Bonchev–Trinajstić information content (AvgIpc) is 0.768. The summed E-state index contributed by atoms with van der Waals surface area (Å²) in [7, 11) is -26.7. The van der Waals surface area contributed by atoms with Crippen LogP contribution in [0.1, 0.15) is 182 Å². The lowest BCUT2D eigenvalue weighted by Crippen LogP contribution is -2.48. The highest BCUT2D eigenvalue weighted by atomic mass is 32.2. The van der Waals surface area contributed by atoms with Crippen LogP contribution in [-0.2, 0) is 59.6 Å². The van der Waals surface area contributed by atoms with E-state index < -0.39 is 96.1 Å². The number of nitrogens with zero attached hydrogens (tertiary/aromatic N) is 5. The normalized spacial score (nSPS) is 35.2. The zero-order valence-corrected chi connectivity index (χ0v) is 63.0. The van der Waals surface area contributed by atoms with Crippen LogP contribution in [0.5, 0.6) is 0 Å². The summed E-state index contributed by atoms with van der Waals surface area (Å²) in [5.74, 6) is 6.97. The maximum absolute atomic E-state index is 12.3. The molecule has 0 radical (unpaired) electrons. The second-order valence-corrected chi connectivity index (χ2v) is 37.6. The topological polar surface area (TPSA) is 267 Å². The van der Waals surface area contributed by atoms with Crippen molar-refractivity contribution in [3.63, 3.8) is 0 Å². The lowest BCUT2D eigenvalue weighted by molar-refractivity contribution is -0.148. The van der Waals surface area contributed by atoms with Crippen molar-refractivity contribution in [3.8, 4) is 0 Å². The molecule has 101 heavy (non-hydrogen) atoms. The third-order valence-corrected chi connectivity index (χ3v) is 27.8. The Balaban J connectivity index is 0.000000419. The van der Waals surface area contributed by atoms with E-state index in [0.29, 0.717) is 65.6 Å². The molecule has 1 heterocycles. The lowest BCUT2D eigenvalue weighted by atomic mass is 9.49. The SMILES string of the molecule is CC.CC.O=C1CC(C[N-]S(=O)(=O)C(F)(F)F)CCO1.O=S(=O)([N-]CC12CC3CC(CC(C3)C1)C2)C(F)(F)F.O=S(=O)([N-]CC12CC3CC(CC(C3)C1)C2)C(F)(F)F.O=S(=O)([N-]CC1C2CC3CC(C2)CC1C3)C(F)(F)F.O=S(=O)([N-]CC1C2CC3CC(C2)CC1C3)C(F)(F)F.[CH3+].[CH3+].[CH3+].[CH3+].[CH3+]. The molecule has 17 aliphatic rings. The van der Waals surface area contributed by atoms with Crippen LogP contribution in [0.2, 0.25) is 0 Å². The van der Waals surface area contributed by atoms with Gasteiger partial charge in [-0.05, 0) is 247 Å². The van der Waals surface area contributed by atoms with Gasteiger partial charge in [-0.3, -0.25) is 4.79 Å². The van der Waals surface area contributed by atoms with Gasteiger partial charge in [-0.25, -0.2) is 42.1 Å². The minimum atomic E-state index is -5.44. The van der Waals surface area contributed by atoms with Gasteiger partial charge in [-0.1, -0.05) is 39.5 Å². The van der Waals surface area contributed by atoms with Crippen molar-refractivity contribution >= 4 is 56.1 Å². The summed E-state index contributed by atoms with van der Waals surface area (Å²) in [5, 5.41) is 0. The first kappa shape index (κ1) is 94.4. The van der Waals surface area contributed by atoms with Gasteiger partial charge >= 0.3 is 33.5 Å². The Bertz CT molecular complexity index is 2910. The van der Waals surface area contributed by atoms with E-state index in [-0.39, 0.29) is 99.0 Å². The molecule has 37 heteroatoms. The molecule has 0 aromatic carbocycles. The van der Waals surface area contributed by atoms with Gasteiger partial charge in [-0.15, -0.1) is 32.7 Å². The first-order chi connectivity index (χ1) is 44.1. The van der Waals surface area contributed by atoms with Crippen LogP contribution >= 0.6 is 0 Å². The molecular weight excluding hydrogens is 1480 g/mol. The number of sulfonamides is 5. The summed E-state index contributed by atoms with van der Waals surface area (Å²) < 4.78 is 312. The summed E-state index contributed by atoms with van der Waals surface area (Å²) in [6.07, 6.45) is 23.4. The molecule has 16 bridgehead atoms. The quantitative estimate of drug-likeness (QED) is 0.0841. The molecule has 0 amide bonds. The zero-order chi connectivity index (χ0) is 71.8. The number of rotatable bonds is 15. The molecule has 0 aromatic heterocycles. The average molecular weight is 1580 g/mol. The fourth-order valence-corrected chi connectivity index (χ4v) is 22.7. The zero-order valence-electron chi connectivity index (χ0n) is 58.9. The first-order valence-corrected chi connectivity index (χ1v) is 40.5. The maximum Gasteiger partial charge on any atom is 0.480 e. The number of alkyl halides is 15. The van der Waals surface area contributed by atoms with Crippen molar-refractivity contribution < 1.29 is 117 Å². The summed E-state index contributed by atoms with van der Waals surface area (Å²) in [5.41, 5.74) is -26.9. The first-order valence-electron chi connectivity index (χ1n) is 33.3. The maximum atomic E-state index is 12.3. The summed E-state index contributed by atoms with van der Waals surface area (Å²) in [6, 6.07) is 0. The molecule has 0 aromatic rings. The van der Waals surface area contributed by atoms with Crippen LogP contribution in [0.3, 0.4) is 0 Å². The highest BCUT2D eigenvalue weighted by Gasteiger charge is 2.54. The summed E-state index contributed by atoms with van der Waals surface area (Å²) >= 11 is 0. The van der Waals surface area contributed by atoms with Gasteiger partial charge < -0.3 is 28.3 Å².